The van der Waals surface area contributed by atoms with Gasteiger partial charge in [-0.15, -0.1) is 0 Å². The number of nitrogens with one attached hydrogen (secondary N) is 3. The molecule has 0 radical (unpaired) electrons. The Morgan fingerprint density at radius 3 is 2.74 bits per heavy atom. The maximum atomic E-state index is 12.3. The summed E-state index contributed by atoms with van der Waals surface area (Å²) in [6.07, 6.45) is 1.36. The quantitative estimate of drug-likeness (QED) is 0.679. The minimum absolute atomic E-state index is 0.0163. The van der Waals surface area contributed by atoms with Crippen molar-refractivity contribution < 1.29 is 8.42 Å². The monoisotopic (exact) mass is 356 g/mol. The van der Waals surface area contributed by atoms with Crippen molar-refractivity contribution >= 4 is 27.3 Å². The zero-order valence-electron chi connectivity index (χ0n) is 12.7. The molecule has 0 aliphatic rings. The van der Waals surface area contributed by atoms with Crippen LogP contribution in [0.3, 0.4) is 0 Å². The van der Waals surface area contributed by atoms with E-state index in [9.17, 15) is 13.2 Å². The maximum absolute atomic E-state index is 12.3. The van der Waals surface area contributed by atoms with Gasteiger partial charge < -0.3 is 5.32 Å². The van der Waals surface area contributed by atoms with Gasteiger partial charge in [-0.1, -0.05) is 23.7 Å². The van der Waals surface area contributed by atoms with E-state index in [2.05, 4.69) is 20.2 Å². The van der Waals surface area contributed by atoms with Crippen LogP contribution in [0.5, 0.6) is 0 Å². The zero-order chi connectivity index (χ0) is 17.0. The molecule has 0 aliphatic carbocycles. The number of benzene rings is 1. The third-order valence-electron chi connectivity index (χ3n) is 3.16. The van der Waals surface area contributed by atoms with E-state index in [4.69, 9.17) is 11.6 Å². The highest BCUT2D eigenvalue weighted by Gasteiger charge is 2.16. The minimum Gasteiger partial charge on any atom is -0.381 e. The molecule has 1 heterocycles. The molecule has 0 atom stereocenters. The standard InChI is InChI=1S/C14H17ClN4O3S/c1-9-3-4-10(2)12(7-9)23(21,22)18-6-5-16-11-8-17-19-14(20)13(11)15/h3-4,7-8,18H,5-6H2,1-2H3,(H2,16,19,20). The molecule has 124 valence electrons. The average Bonchev–Trinajstić information content (AvgIpc) is 2.50. The molecule has 1 aromatic heterocycles. The van der Waals surface area contributed by atoms with Gasteiger partial charge in [0, 0.05) is 13.1 Å². The molecule has 0 aliphatic heterocycles. The van der Waals surface area contributed by atoms with Crippen molar-refractivity contribution in [3.63, 3.8) is 0 Å². The number of aryl methyl sites for hydroxylation is 2. The summed E-state index contributed by atoms with van der Waals surface area (Å²) in [5, 5.41) is 8.66. The number of hydrogen-bond donors (Lipinski definition) is 3. The molecule has 0 saturated heterocycles. The predicted octanol–water partition coefficient (Wildman–Crippen LogP) is 1.43. The highest BCUT2D eigenvalue weighted by atomic mass is 35.5. The summed E-state index contributed by atoms with van der Waals surface area (Å²) in [4.78, 5) is 11.5. The number of H-pyrrole nitrogens is 1. The SMILES string of the molecule is Cc1ccc(C)c(S(=O)(=O)NCCNc2cn[nH]c(=O)c2Cl)c1. The fraction of sp³-hybridized carbons (Fsp3) is 0.286. The third kappa shape index (κ3) is 4.31. The van der Waals surface area contributed by atoms with Crippen molar-refractivity contribution in [2.75, 3.05) is 18.4 Å². The van der Waals surface area contributed by atoms with Gasteiger partial charge in [0.05, 0.1) is 16.8 Å². The van der Waals surface area contributed by atoms with E-state index in [1.807, 2.05) is 13.0 Å². The number of rotatable bonds is 6. The van der Waals surface area contributed by atoms with Crippen LogP contribution in [0, 0.1) is 13.8 Å². The van der Waals surface area contributed by atoms with Crippen LogP contribution in [0.1, 0.15) is 11.1 Å². The normalized spacial score (nSPS) is 11.4. The summed E-state index contributed by atoms with van der Waals surface area (Å²) >= 11 is 5.81. The molecule has 1 aromatic carbocycles. The molecule has 2 aromatic rings. The number of nitrogens with zero attached hydrogens (tertiary/aromatic N) is 1. The van der Waals surface area contributed by atoms with Gasteiger partial charge in [-0.05, 0) is 31.0 Å². The van der Waals surface area contributed by atoms with Crippen molar-refractivity contribution in [3.05, 3.63) is 50.9 Å². The third-order valence-corrected chi connectivity index (χ3v) is 5.14. The Morgan fingerprint density at radius 1 is 1.26 bits per heavy atom. The van der Waals surface area contributed by atoms with Gasteiger partial charge in [0.2, 0.25) is 10.0 Å². The van der Waals surface area contributed by atoms with Crippen LogP contribution in [0.15, 0.2) is 34.1 Å². The molecule has 7 nitrogen and oxygen atoms in total. The molecule has 23 heavy (non-hydrogen) atoms. The van der Waals surface area contributed by atoms with E-state index >= 15 is 0 Å². The van der Waals surface area contributed by atoms with Gasteiger partial charge in [0.25, 0.3) is 5.56 Å². The Balaban J connectivity index is 1.99. The zero-order valence-corrected chi connectivity index (χ0v) is 14.3. The lowest BCUT2D eigenvalue weighted by atomic mass is 10.2. The summed E-state index contributed by atoms with van der Waals surface area (Å²) in [5.41, 5.74) is 1.39. The first-order valence-electron chi connectivity index (χ1n) is 6.85. The van der Waals surface area contributed by atoms with Crippen molar-refractivity contribution in [1.82, 2.24) is 14.9 Å². The number of aromatic amines is 1. The smallest absolute Gasteiger partial charge is 0.285 e. The summed E-state index contributed by atoms with van der Waals surface area (Å²) in [5.74, 6) is 0. The first kappa shape index (κ1) is 17.5. The second-order valence-electron chi connectivity index (χ2n) is 5.02. The Hall–Kier alpha value is -1.90. The van der Waals surface area contributed by atoms with Crippen molar-refractivity contribution in [1.29, 1.82) is 0 Å². The topological polar surface area (TPSA) is 104 Å². The lowest BCUT2D eigenvalue weighted by Gasteiger charge is -2.11. The lowest BCUT2D eigenvalue weighted by Crippen LogP contribution is -2.29. The Morgan fingerprint density at radius 2 is 2.00 bits per heavy atom. The summed E-state index contributed by atoms with van der Waals surface area (Å²) < 4.78 is 27.1. The molecule has 2 rings (SSSR count). The second-order valence-corrected chi connectivity index (χ2v) is 7.13. The molecule has 0 unspecified atom stereocenters. The van der Waals surface area contributed by atoms with Crippen LogP contribution in [-0.2, 0) is 10.0 Å². The minimum atomic E-state index is -3.59. The van der Waals surface area contributed by atoms with E-state index in [0.717, 1.165) is 5.56 Å². The first-order valence-corrected chi connectivity index (χ1v) is 8.71. The fourth-order valence-electron chi connectivity index (χ4n) is 1.96. The molecule has 0 fully saturated rings. The highest BCUT2D eigenvalue weighted by Crippen LogP contribution is 2.16. The van der Waals surface area contributed by atoms with E-state index in [1.54, 1.807) is 19.1 Å². The molecular formula is C14H17ClN4O3S. The Labute approximate surface area is 139 Å². The highest BCUT2D eigenvalue weighted by molar-refractivity contribution is 7.89. The van der Waals surface area contributed by atoms with Gasteiger partial charge in [-0.25, -0.2) is 18.2 Å². The summed E-state index contributed by atoms with van der Waals surface area (Å²) in [6, 6.07) is 5.25. The van der Waals surface area contributed by atoms with Gasteiger partial charge in [-0.2, -0.15) is 5.10 Å². The fourth-order valence-corrected chi connectivity index (χ4v) is 3.48. The second kappa shape index (κ2) is 7.12. The van der Waals surface area contributed by atoms with Crippen molar-refractivity contribution in [2.45, 2.75) is 18.7 Å². The largest absolute Gasteiger partial charge is 0.381 e. The van der Waals surface area contributed by atoms with Crippen LogP contribution in [-0.4, -0.2) is 31.7 Å². The van der Waals surface area contributed by atoms with Crippen molar-refractivity contribution in [2.24, 2.45) is 0 Å². The molecule has 0 bridgehead atoms. The maximum Gasteiger partial charge on any atom is 0.285 e. The van der Waals surface area contributed by atoms with Gasteiger partial charge >= 0.3 is 0 Å². The molecule has 0 saturated carbocycles. The van der Waals surface area contributed by atoms with Crippen molar-refractivity contribution in [3.8, 4) is 0 Å². The number of hydrogen-bond acceptors (Lipinski definition) is 5. The lowest BCUT2D eigenvalue weighted by molar-refractivity contribution is 0.582. The predicted molar refractivity (Wildman–Crippen MR) is 89.5 cm³/mol. The Bertz CT molecular complexity index is 865. The number of aromatic nitrogens is 2. The number of anilines is 1. The molecule has 3 N–H and O–H groups in total. The van der Waals surface area contributed by atoms with Crippen LogP contribution in [0.2, 0.25) is 5.02 Å². The van der Waals surface area contributed by atoms with E-state index in [1.165, 1.54) is 6.20 Å². The van der Waals surface area contributed by atoms with Crippen LogP contribution < -0.4 is 15.6 Å². The molecular weight excluding hydrogens is 340 g/mol. The molecule has 0 amide bonds. The number of sulfonamides is 1. The van der Waals surface area contributed by atoms with E-state index in [0.29, 0.717) is 11.3 Å². The van der Waals surface area contributed by atoms with Gasteiger partial charge in [0.15, 0.2) is 0 Å². The first-order chi connectivity index (χ1) is 10.8. The summed E-state index contributed by atoms with van der Waals surface area (Å²) in [7, 11) is -3.59. The van der Waals surface area contributed by atoms with Crippen LogP contribution in [0.25, 0.3) is 0 Å². The average molecular weight is 357 g/mol. The van der Waals surface area contributed by atoms with E-state index < -0.39 is 15.6 Å². The molecule has 0 spiro atoms. The Kier molecular flexibility index (Phi) is 5.40. The number of halogens is 1. The van der Waals surface area contributed by atoms with Gasteiger partial charge in [-0.3, -0.25) is 4.79 Å². The van der Waals surface area contributed by atoms with Crippen LogP contribution in [0.4, 0.5) is 5.69 Å². The molecule has 9 heteroatoms. The van der Waals surface area contributed by atoms with E-state index in [-0.39, 0.29) is 23.0 Å². The summed E-state index contributed by atoms with van der Waals surface area (Å²) in [6.45, 7) is 3.98. The van der Waals surface area contributed by atoms with Crippen LogP contribution >= 0.6 is 11.6 Å². The van der Waals surface area contributed by atoms with Gasteiger partial charge in [0.1, 0.15) is 5.02 Å².